The van der Waals surface area contributed by atoms with Crippen molar-refractivity contribution in [2.75, 3.05) is 13.1 Å². The summed E-state index contributed by atoms with van der Waals surface area (Å²) >= 11 is 0. The topological polar surface area (TPSA) is 247 Å². The van der Waals surface area contributed by atoms with Gasteiger partial charge in [-0.25, -0.2) is 0 Å². The number of hydrogen-bond donors (Lipinski definition) is 8. The van der Waals surface area contributed by atoms with Gasteiger partial charge in [-0.3, -0.25) is 24.2 Å². The van der Waals surface area contributed by atoms with Crippen LogP contribution in [0.2, 0.25) is 0 Å². The van der Waals surface area contributed by atoms with Crippen LogP contribution in [-0.4, -0.2) is 66.8 Å². The molecule has 0 aliphatic heterocycles. The fourth-order valence-electron chi connectivity index (χ4n) is 8.53. The molecule has 4 atom stereocenters. The van der Waals surface area contributed by atoms with Crippen molar-refractivity contribution >= 4 is 29.6 Å². The molecule has 1 aromatic carbocycles. The van der Waals surface area contributed by atoms with E-state index in [1.165, 1.54) is 19.3 Å². The second-order valence-corrected chi connectivity index (χ2v) is 14.2. The molecule has 4 aliphatic carbocycles. The molecule has 260 valence electrons. The number of rotatable bonds is 19. The maximum absolute atomic E-state index is 13.8. The van der Waals surface area contributed by atoms with Crippen molar-refractivity contribution in [3.05, 3.63) is 35.9 Å². The fraction of sp³-hybridized carbons (Fsp3) is 0.676. The van der Waals surface area contributed by atoms with Crippen molar-refractivity contribution in [2.24, 2.45) is 56.8 Å². The number of nitrogens with one attached hydrogen (secondary N) is 3. The number of benzene rings is 1. The van der Waals surface area contributed by atoms with Crippen molar-refractivity contribution in [1.82, 2.24) is 16.0 Å². The summed E-state index contributed by atoms with van der Waals surface area (Å²) in [6.07, 6.45) is 10.3. The summed E-state index contributed by atoms with van der Waals surface area (Å²) in [5, 5.41) is 8.43. The number of carbonyl (C=O) groups is 4. The van der Waals surface area contributed by atoms with Crippen molar-refractivity contribution in [3.63, 3.8) is 0 Å². The smallest absolute Gasteiger partial charge is 0.243 e. The molecular formula is C34H55N9O4. The normalized spacial score (nSPS) is 25.2. The average molecular weight is 654 g/mol. The third-order valence-electron chi connectivity index (χ3n) is 10.3. The number of carbonyl (C=O) groups excluding carboxylic acids is 4. The molecular weight excluding hydrogens is 598 g/mol. The third-order valence-corrected chi connectivity index (χ3v) is 10.3. The van der Waals surface area contributed by atoms with Crippen LogP contribution in [0.3, 0.4) is 0 Å². The first-order chi connectivity index (χ1) is 22.5. The van der Waals surface area contributed by atoms with E-state index in [4.69, 9.17) is 28.7 Å². The zero-order valence-corrected chi connectivity index (χ0v) is 27.5. The molecule has 0 spiro atoms. The summed E-state index contributed by atoms with van der Waals surface area (Å²) in [6.45, 7) is 0.715. The van der Waals surface area contributed by atoms with E-state index in [0.717, 1.165) is 42.6 Å². The molecule has 4 saturated carbocycles. The Morgan fingerprint density at radius 2 is 1.32 bits per heavy atom. The Bertz CT molecular complexity index is 1220. The molecule has 13 heteroatoms. The molecule has 4 aliphatic rings. The van der Waals surface area contributed by atoms with Crippen molar-refractivity contribution < 1.29 is 19.2 Å². The van der Waals surface area contributed by atoms with E-state index in [1.54, 1.807) is 0 Å². The predicted octanol–water partition coefficient (Wildman–Crippen LogP) is 0.285. The van der Waals surface area contributed by atoms with Gasteiger partial charge in [-0.1, -0.05) is 30.3 Å². The highest BCUT2D eigenvalue weighted by Gasteiger charge is 2.51. The molecule has 13 nitrogen and oxygen atoms in total. The lowest BCUT2D eigenvalue weighted by molar-refractivity contribution is -0.134. The standard InChI is InChI=1S/C34H55N9O4/c35-11-5-4-9-26(29(37)44)41-32(47)28(16-21-7-2-1-3-8-21)43-31(46)27(10-6-12-40-33(38)39)42-30(45)25(36)20-34-17-22-13-23(18-34)15-24(14-22)19-34/h1-3,7-8,22-28H,4-6,9-20,35-36H2,(H2,37,44)(H,41,47)(H,42,45)(H,43,46)(H4,38,39,40). The van der Waals surface area contributed by atoms with Gasteiger partial charge < -0.3 is 44.6 Å². The zero-order valence-electron chi connectivity index (χ0n) is 27.5. The van der Waals surface area contributed by atoms with E-state index < -0.39 is 41.9 Å². The number of guanidine groups is 1. The molecule has 1 aromatic rings. The zero-order chi connectivity index (χ0) is 34.0. The molecule has 0 heterocycles. The molecule has 4 amide bonds. The van der Waals surface area contributed by atoms with Crippen LogP contribution < -0.4 is 44.6 Å². The number of aliphatic imine (C=N–C) groups is 1. The lowest BCUT2D eigenvalue weighted by Crippen LogP contribution is -2.58. The number of unbranched alkanes of at least 4 members (excludes halogenated alkanes) is 1. The van der Waals surface area contributed by atoms with Crippen LogP contribution in [0.1, 0.15) is 82.6 Å². The fourth-order valence-corrected chi connectivity index (χ4v) is 8.53. The van der Waals surface area contributed by atoms with Crippen LogP contribution in [0.15, 0.2) is 35.3 Å². The molecule has 0 saturated heterocycles. The quantitative estimate of drug-likeness (QED) is 0.0584. The number of hydrogen-bond acceptors (Lipinski definition) is 7. The van der Waals surface area contributed by atoms with Crippen molar-refractivity contribution in [2.45, 2.75) is 108 Å². The molecule has 0 aromatic heterocycles. The van der Waals surface area contributed by atoms with E-state index in [2.05, 4.69) is 20.9 Å². The first-order valence-electron chi connectivity index (χ1n) is 17.2. The molecule has 5 rings (SSSR count). The SMILES string of the molecule is NCCCCC(NC(=O)C(Cc1ccccc1)NC(=O)C(CCCN=C(N)N)NC(=O)C(N)CC12CC3CC(CC(C3)C1)C2)C(N)=O. The summed E-state index contributed by atoms with van der Waals surface area (Å²) in [5.41, 5.74) is 29.6. The highest BCUT2D eigenvalue weighted by Crippen LogP contribution is 2.61. The van der Waals surface area contributed by atoms with Gasteiger partial charge in [0.15, 0.2) is 5.96 Å². The van der Waals surface area contributed by atoms with Gasteiger partial charge in [0.25, 0.3) is 0 Å². The van der Waals surface area contributed by atoms with Crippen molar-refractivity contribution in [3.8, 4) is 0 Å². The first kappa shape index (κ1) is 36.1. The molecule has 4 bridgehead atoms. The van der Waals surface area contributed by atoms with Gasteiger partial charge in [0.05, 0.1) is 6.04 Å². The first-order valence-corrected chi connectivity index (χ1v) is 17.2. The monoisotopic (exact) mass is 653 g/mol. The minimum Gasteiger partial charge on any atom is -0.370 e. The summed E-state index contributed by atoms with van der Waals surface area (Å²) in [5.74, 6) is -0.0294. The Hall–Kier alpha value is -3.71. The Balaban J connectivity index is 1.46. The number of nitrogens with two attached hydrogens (primary N) is 5. The second-order valence-electron chi connectivity index (χ2n) is 14.2. The van der Waals surface area contributed by atoms with Crippen LogP contribution in [0, 0.1) is 23.2 Å². The lowest BCUT2D eigenvalue weighted by atomic mass is 9.48. The van der Waals surface area contributed by atoms with Gasteiger partial charge in [0.1, 0.15) is 18.1 Å². The van der Waals surface area contributed by atoms with Gasteiger partial charge >= 0.3 is 0 Å². The number of amides is 4. The lowest BCUT2D eigenvalue weighted by Gasteiger charge is -2.57. The predicted molar refractivity (Wildman–Crippen MR) is 181 cm³/mol. The molecule has 4 unspecified atom stereocenters. The Kier molecular flexibility index (Phi) is 13.0. The highest BCUT2D eigenvalue weighted by atomic mass is 16.2. The van der Waals surface area contributed by atoms with E-state index >= 15 is 0 Å². The van der Waals surface area contributed by atoms with Crippen molar-refractivity contribution in [1.29, 1.82) is 0 Å². The molecule has 0 radical (unpaired) electrons. The van der Waals surface area contributed by atoms with Gasteiger partial charge in [-0.15, -0.1) is 0 Å². The maximum Gasteiger partial charge on any atom is 0.243 e. The Labute approximate surface area is 278 Å². The maximum atomic E-state index is 13.8. The molecule has 13 N–H and O–H groups in total. The molecule has 47 heavy (non-hydrogen) atoms. The van der Waals surface area contributed by atoms with E-state index in [9.17, 15) is 19.2 Å². The summed E-state index contributed by atoms with van der Waals surface area (Å²) in [6, 6.07) is 5.52. The summed E-state index contributed by atoms with van der Waals surface area (Å²) in [4.78, 5) is 57.1. The summed E-state index contributed by atoms with van der Waals surface area (Å²) < 4.78 is 0. The summed E-state index contributed by atoms with van der Waals surface area (Å²) in [7, 11) is 0. The Morgan fingerprint density at radius 1 is 0.766 bits per heavy atom. The van der Waals surface area contributed by atoms with E-state index in [-0.39, 0.29) is 36.7 Å². The van der Waals surface area contributed by atoms with Crippen LogP contribution in [0.25, 0.3) is 0 Å². The van der Waals surface area contributed by atoms with Gasteiger partial charge in [-0.05, 0) is 112 Å². The van der Waals surface area contributed by atoms with Crippen LogP contribution in [0.4, 0.5) is 0 Å². The van der Waals surface area contributed by atoms with Crippen LogP contribution in [0.5, 0.6) is 0 Å². The van der Waals surface area contributed by atoms with Gasteiger partial charge in [0, 0.05) is 13.0 Å². The Morgan fingerprint density at radius 3 is 1.89 bits per heavy atom. The minimum absolute atomic E-state index is 0.0669. The number of primary amides is 1. The second kappa shape index (κ2) is 16.9. The van der Waals surface area contributed by atoms with Crippen LogP contribution >= 0.6 is 0 Å². The third kappa shape index (κ3) is 10.6. The minimum atomic E-state index is -1.04. The molecule has 4 fully saturated rings. The van der Waals surface area contributed by atoms with Gasteiger partial charge in [-0.2, -0.15) is 0 Å². The van der Waals surface area contributed by atoms with Gasteiger partial charge in [0.2, 0.25) is 23.6 Å². The average Bonchev–Trinajstić information content (AvgIpc) is 3.01. The van der Waals surface area contributed by atoms with Crippen LogP contribution in [-0.2, 0) is 25.6 Å². The highest BCUT2D eigenvalue weighted by molar-refractivity contribution is 5.94. The number of nitrogens with zero attached hydrogens (tertiary/aromatic N) is 1. The largest absolute Gasteiger partial charge is 0.370 e. The van der Waals surface area contributed by atoms with E-state index in [0.29, 0.717) is 38.6 Å². The van der Waals surface area contributed by atoms with E-state index in [1.807, 2.05) is 30.3 Å².